The van der Waals surface area contributed by atoms with E-state index in [-0.39, 0.29) is 0 Å². The van der Waals surface area contributed by atoms with Crippen LogP contribution >= 0.6 is 15.9 Å². The zero-order chi connectivity index (χ0) is 10.1. The van der Waals surface area contributed by atoms with Gasteiger partial charge in [-0.1, -0.05) is 40.7 Å². The number of rotatable bonds is 2. The normalized spacial score (nSPS) is 15.1. The van der Waals surface area contributed by atoms with Crippen LogP contribution in [-0.4, -0.2) is 5.11 Å². The van der Waals surface area contributed by atoms with E-state index in [2.05, 4.69) is 22.5 Å². The van der Waals surface area contributed by atoms with Crippen LogP contribution in [0.1, 0.15) is 19.4 Å². The Bertz CT molecular complexity index is 329. The summed E-state index contributed by atoms with van der Waals surface area (Å²) in [6.45, 7) is 7.34. The Morgan fingerprint density at radius 2 is 2.00 bits per heavy atom. The van der Waals surface area contributed by atoms with Gasteiger partial charge in [0.1, 0.15) is 5.60 Å². The molecule has 0 aromatic heterocycles. The first-order valence-electron chi connectivity index (χ1n) is 4.09. The van der Waals surface area contributed by atoms with Crippen LogP contribution in [0.5, 0.6) is 0 Å². The van der Waals surface area contributed by atoms with Crippen LogP contribution in [-0.2, 0) is 5.60 Å². The van der Waals surface area contributed by atoms with Gasteiger partial charge >= 0.3 is 0 Å². The maximum absolute atomic E-state index is 10.1. The van der Waals surface area contributed by atoms with Crippen molar-refractivity contribution in [2.24, 2.45) is 0 Å². The molecule has 13 heavy (non-hydrogen) atoms. The minimum atomic E-state index is -0.958. The summed E-state index contributed by atoms with van der Waals surface area (Å²) in [6.07, 6.45) is 0. The predicted octanol–water partition coefficient (Wildman–Crippen LogP) is 3.23. The quantitative estimate of drug-likeness (QED) is 0.788. The average Bonchev–Trinajstić information content (AvgIpc) is 2.04. The van der Waals surface area contributed by atoms with Gasteiger partial charge in [0.15, 0.2) is 0 Å². The van der Waals surface area contributed by atoms with Gasteiger partial charge in [-0.15, -0.1) is 0 Å². The van der Waals surface area contributed by atoms with Gasteiger partial charge in [-0.25, -0.2) is 0 Å². The first-order valence-corrected chi connectivity index (χ1v) is 4.89. The maximum atomic E-state index is 10.1. The third kappa shape index (κ3) is 2.01. The largest absolute Gasteiger partial charge is 0.381 e. The molecule has 0 saturated heterocycles. The van der Waals surface area contributed by atoms with Crippen molar-refractivity contribution in [1.29, 1.82) is 0 Å². The molecule has 0 fully saturated rings. The molecule has 2 heteroatoms. The average molecular weight is 241 g/mol. The van der Waals surface area contributed by atoms with Crippen molar-refractivity contribution in [1.82, 2.24) is 0 Å². The minimum absolute atomic E-state index is 0.736. The molecule has 1 rings (SSSR count). The van der Waals surface area contributed by atoms with E-state index >= 15 is 0 Å². The van der Waals surface area contributed by atoms with Crippen LogP contribution in [0.2, 0.25) is 0 Å². The second-order valence-corrected chi connectivity index (χ2v) is 4.19. The van der Waals surface area contributed by atoms with Gasteiger partial charge in [0.05, 0.1) is 0 Å². The van der Waals surface area contributed by atoms with E-state index in [1.807, 2.05) is 31.2 Å². The third-order valence-electron chi connectivity index (χ3n) is 2.23. The van der Waals surface area contributed by atoms with Crippen LogP contribution in [0.25, 0.3) is 0 Å². The SMILES string of the molecule is C=C(C)C(C)(O)c1ccccc1Br. The Balaban J connectivity index is 3.22. The molecule has 1 unspecified atom stereocenters. The molecule has 70 valence electrons. The van der Waals surface area contributed by atoms with Crippen molar-refractivity contribution in [2.45, 2.75) is 19.4 Å². The first-order chi connectivity index (χ1) is 5.96. The predicted molar refractivity (Wildman–Crippen MR) is 58.5 cm³/mol. The third-order valence-corrected chi connectivity index (χ3v) is 2.92. The molecule has 0 amide bonds. The van der Waals surface area contributed by atoms with Crippen molar-refractivity contribution in [3.8, 4) is 0 Å². The van der Waals surface area contributed by atoms with E-state index in [1.165, 1.54) is 0 Å². The number of hydrogen-bond acceptors (Lipinski definition) is 1. The fourth-order valence-corrected chi connectivity index (χ4v) is 1.76. The highest BCUT2D eigenvalue weighted by molar-refractivity contribution is 9.10. The molecular formula is C11H13BrO. The molecule has 0 heterocycles. The number of aliphatic hydroxyl groups is 1. The molecule has 0 bridgehead atoms. The summed E-state index contributed by atoms with van der Waals surface area (Å²) in [7, 11) is 0. The van der Waals surface area contributed by atoms with Gasteiger partial charge in [0.2, 0.25) is 0 Å². The van der Waals surface area contributed by atoms with Gasteiger partial charge in [-0.3, -0.25) is 0 Å². The lowest BCUT2D eigenvalue weighted by molar-refractivity contribution is 0.0973. The molecule has 0 aliphatic rings. The number of halogens is 1. The Kier molecular flexibility index (Phi) is 2.94. The fraction of sp³-hybridized carbons (Fsp3) is 0.273. The molecule has 1 aromatic carbocycles. The van der Waals surface area contributed by atoms with Gasteiger partial charge in [-0.2, -0.15) is 0 Å². The summed E-state index contributed by atoms with van der Waals surface area (Å²) in [5.41, 5.74) is 0.627. The van der Waals surface area contributed by atoms with E-state index < -0.39 is 5.60 Å². The van der Waals surface area contributed by atoms with Crippen molar-refractivity contribution in [3.63, 3.8) is 0 Å². The lowest BCUT2D eigenvalue weighted by Crippen LogP contribution is -2.22. The molecule has 0 aliphatic carbocycles. The summed E-state index contributed by atoms with van der Waals surface area (Å²) in [6, 6.07) is 7.62. The number of benzene rings is 1. The zero-order valence-electron chi connectivity index (χ0n) is 7.84. The van der Waals surface area contributed by atoms with Crippen molar-refractivity contribution < 1.29 is 5.11 Å². The lowest BCUT2D eigenvalue weighted by atomic mass is 9.90. The number of hydrogen-bond donors (Lipinski definition) is 1. The monoisotopic (exact) mass is 240 g/mol. The van der Waals surface area contributed by atoms with Crippen LogP contribution in [0.4, 0.5) is 0 Å². The van der Waals surface area contributed by atoms with E-state index in [0.29, 0.717) is 0 Å². The van der Waals surface area contributed by atoms with Crippen molar-refractivity contribution in [3.05, 3.63) is 46.5 Å². The second-order valence-electron chi connectivity index (χ2n) is 3.33. The second kappa shape index (κ2) is 3.64. The standard InChI is InChI=1S/C11H13BrO/c1-8(2)11(3,13)9-6-4-5-7-10(9)12/h4-7,13H,1H2,2-3H3. The van der Waals surface area contributed by atoms with E-state index in [9.17, 15) is 5.11 Å². The molecule has 1 N–H and O–H groups in total. The Hall–Kier alpha value is -0.600. The summed E-state index contributed by atoms with van der Waals surface area (Å²) < 4.78 is 0.906. The summed E-state index contributed by atoms with van der Waals surface area (Å²) in [5.74, 6) is 0. The minimum Gasteiger partial charge on any atom is -0.381 e. The lowest BCUT2D eigenvalue weighted by Gasteiger charge is -2.25. The van der Waals surface area contributed by atoms with E-state index in [1.54, 1.807) is 6.92 Å². The molecular weight excluding hydrogens is 228 g/mol. The zero-order valence-corrected chi connectivity index (χ0v) is 9.43. The first kappa shape index (κ1) is 10.5. The van der Waals surface area contributed by atoms with Crippen LogP contribution in [0, 0.1) is 0 Å². The van der Waals surface area contributed by atoms with Crippen LogP contribution < -0.4 is 0 Å². The maximum Gasteiger partial charge on any atom is 0.108 e. The molecule has 0 aliphatic heterocycles. The highest BCUT2D eigenvalue weighted by Crippen LogP contribution is 2.32. The van der Waals surface area contributed by atoms with Gasteiger partial charge < -0.3 is 5.11 Å². The van der Waals surface area contributed by atoms with Gasteiger partial charge in [0, 0.05) is 10.0 Å². The van der Waals surface area contributed by atoms with E-state index in [0.717, 1.165) is 15.6 Å². The van der Waals surface area contributed by atoms with Crippen molar-refractivity contribution >= 4 is 15.9 Å². The molecule has 0 radical (unpaired) electrons. The summed E-state index contributed by atoms with van der Waals surface area (Å²) in [5, 5.41) is 10.1. The molecule has 1 aromatic rings. The topological polar surface area (TPSA) is 20.2 Å². The highest BCUT2D eigenvalue weighted by atomic mass is 79.9. The molecule has 1 nitrogen and oxygen atoms in total. The van der Waals surface area contributed by atoms with Gasteiger partial charge in [-0.05, 0) is 25.5 Å². The van der Waals surface area contributed by atoms with Gasteiger partial charge in [0.25, 0.3) is 0 Å². The Labute approximate surface area is 87.2 Å². The van der Waals surface area contributed by atoms with Crippen molar-refractivity contribution in [2.75, 3.05) is 0 Å². The fourth-order valence-electron chi connectivity index (χ4n) is 1.09. The molecule has 0 spiro atoms. The van der Waals surface area contributed by atoms with Crippen LogP contribution in [0.3, 0.4) is 0 Å². The smallest absolute Gasteiger partial charge is 0.108 e. The molecule has 0 saturated carbocycles. The van der Waals surface area contributed by atoms with E-state index in [4.69, 9.17) is 0 Å². The Morgan fingerprint density at radius 3 is 2.46 bits per heavy atom. The molecule has 1 atom stereocenters. The van der Waals surface area contributed by atoms with Crippen LogP contribution in [0.15, 0.2) is 40.9 Å². The summed E-state index contributed by atoms with van der Waals surface area (Å²) >= 11 is 3.40. The highest BCUT2D eigenvalue weighted by Gasteiger charge is 2.25. The Morgan fingerprint density at radius 1 is 1.46 bits per heavy atom. The summed E-state index contributed by atoms with van der Waals surface area (Å²) in [4.78, 5) is 0.